The van der Waals surface area contributed by atoms with E-state index in [1.54, 1.807) is 35.1 Å². The summed E-state index contributed by atoms with van der Waals surface area (Å²) >= 11 is 0. The van der Waals surface area contributed by atoms with Crippen molar-refractivity contribution < 1.29 is 9.90 Å². The van der Waals surface area contributed by atoms with Gasteiger partial charge < -0.3 is 10.4 Å². The predicted molar refractivity (Wildman–Crippen MR) is 59.9 cm³/mol. The number of nitrogens with zero attached hydrogens (tertiary/aromatic N) is 2. The number of carboxylic acids is 1. The van der Waals surface area contributed by atoms with Crippen molar-refractivity contribution in [3.05, 3.63) is 42.2 Å². The van der Waals surface area contributed by atoms with Gasteiger partial charge in [-0.25, -0.2) is 4.79 Å². The number of nitrogens with one attached hydrogen (secondary N) is 1. The molecule has 0 bridgehead atoms. The average Bonchev–Trinajstić information content (AvgIpc) is 2.64. The molecule has 0 spiro atoms. The van der Waals surface area contributed by atoms with Crippen LogP contribution in [0.15, 0.2) is 36.7 Å². The number of carboxylic acid groups (broad SMARTS) is 1. The molecule has 2 N–H and O–H groups in total. The molecule has 5 nitrogen and oxygen atoms in total. The number of aromatic carboxylic acids is 1. The quantitative estimate of drug-likeness (QED) is 0.823. The van der Waals surface area contributed by atoms with Crippen LogP contribution in [0.1, 0.15) is 10.4 Å². The first kappa shape index (κ1) is 10.2. The lowest BCUT2D eigenvalue weighted by atomic mass is 10.2. The summed E-state index contributed by atoms with van der Waals surface area (Å²) in [5, 5.41) is 15.9. The maximum Gasteiger partial charge on any atom is 0.335 e. The number of benzene rings is 1. The van der Waals surface area contributed by atoms with Crippen LogP contribution in [0.4, 0.5) is 11.4 Å². The van der Waals surface area contributed by atoms with Gasteiger partial charge >= 0.3 is 5.97 Å². The Labute approximate surface area is 92.3 Å². The van der Waals surface area contributed by atoms with Crippen LogP contribution in [-0.2, 0) is 7.05 Å². The van der Waals surface area contributed by atoms with E-state index >= 15 is 0 Å². The van der Waals surface area contributed by atoms with Crippen LogP contribution in [0.2, 0.25) is 0 Å². The van der Waals surface area contributed by atoms with Crippen molar-refractivity contribution >= 4 is 17.3 Å². The topological polar surface area (TPSA) is 67.2 Å². The Hall–Kier alpha value is -2.30. The number of hydrogen-bond acceptors (Lipinski definition) is 3. The highest BCUT2D eigenvalue weighted by atomic mass is 16.4. The highest BCUT2D eigenvalue weighted by molar-refractivity contribution is 5.89. The molecule has 0 radical (unpaired) electrons. The summed E-state index contributed by atoms with van der Waals surface area (Å²) in [7, 11) is 1.82. The average molecular weight is 217 g/mol. The van der Waals surface area contributed by atoms with Crippen molar-refractivity contribution in [1.82, 2.24) is 9.78 Å². The van der Waals surface area contributed by atoms with Crippen molar-refractivity contribution in [3.8, 4) is 0 Å². The first-order valence-electron chi connectivity index (χ1n) is 4.74. The molecular weight excluding hydrogens is 206 g/mol. The zero-order chi connectivity index (χ0) is 11.5. The maximum atomic E-state index is 10.8. The molecule has 5 heteroatoms. The zero-order valence-electron chi connectivity index (χ0n) is 8.71. The number of aryl methyl sites for hydroxylation is 1. The van der Waals surface area contributed by atoms with Crippen LogP contribution in [0.25, 0.3) is 0 Å². The molecule has 1 heterocycles. The second-order valence-corrected chi connectivity index (χ2v) is 3.41. The fourth-order valence-corrected chi connectivity index (χ4v) is 1.38. The van der Waals surface area contributed by atoms with Crippen LogP contribution in [0.3, 0.4) is 0 Å². The van der Waals surface area contributed by atoms with Crippen molar-refractivity contribution in [3.63, 3.8) is 0 Å². The number of anilines is 2. The maximum absolute atomic E-state index is 10.8. The summed E-state index contributed by atoms with van der Waals surface area (Å²) in [6, 6.07) is 6.63. The molecule has 0 fully saturated rings. The lowest BCUT2D eigenvalue weighted by Crippen LogP contribution is -1.97. The molecule has 0 amide bonds. The Morgan fingerprint density at radius 3 is 2.88 bits per heavy atom. The third-order valence-corrected chi connectivity index (χ3v) is 2.10. The van der Waals surface area contributed by atoms with E-state index in [9.17, 15) is 4.79 Å². The molecular formula is C11H11N3O2. The second kappa shape index (κ2) is 4.06. The Bertz CT molecular complexity index is 519. The Morgan fingerprint density at radius 1 is 1.44 bits per heavy atom. The SMILES string of the molecule is Cn1cc(Nc2cccc(C(=O)O)c2)cn1. The number of carbonyl (C=O) groups is 1. The summed E-state index contributed by atoms with van der Waals surface area (Å²) in [5.41, 5.74) is 1.81. The minimum Gasteiger partial charge on any atom is -0.478 e. The van der Waals surface area contributed by atoms with E-state index in [0.29, 0.717) is 0 Å². The molecule has 0 atom stereocenters. The molecule has 0 unspecified atom stereocenters. The first-order valence-corrected chi connectivity index (χ1v) is 4.74. The molecule has 1 aromatic heterocycles. The van der Waals surface area contributed by atoms with Gasteiger partial charge in [-0.15, -0.1) is 0 Å². The molecule has 82 valence electrons. The molecule has 1 aromatic carbocycles. The van der Waals surface area contributed by atoms with Gasteiger partial charge in [-0.05, 0) is 18.2 Å². The first-order chi connectivity index (χ1) is 7.65. The highest BCUT2D eigenvalue weighted by Gasteiger charge is 2.03. The Morgan fingerprint density at radius 2 is 2.25 bits per heavy atom. The van der Waals surface area contributed by atoms with Crippen LogP contribution in [0.5, 0.6) is 0 Å². The van der Waals surface area contributed by atoms with Crippen molar-refractivity contribution in [2.24, 2.45) is 7.05 Å². The largest absolute Gasteiger partial charge is 0.478 e. The van der Waals surface area contributed by atoms with E-state index in [-0.39, 0.29) is 5.56 Å². The smallest absolute Gasteiger partial charge is 0.335 e. The van der Waals surface area contributed by atoms with Gasteiger partial charge in [0.25, 0.3) is 0 Å². The van der Waals surface area contributed by atoms with Crippen LogP contribution in [0, 0.1) is 0 Å². The minimum atomic E-state index is -0.935. The van der Waals surface area contributed by atoms with E-state index in [1.807, 2.05) is 13.2 Å². The van der Waals surface area contributed by atoms with E-state index in [4.69, 9.17) is 5.11 Å². The summed E-state index contributed by atoms with van der Waals surface area (Å²) < 4.78 is 1.67. The van der Waals surface area contributed by atoms with Gasteiger partial charge in [-0.2, -0.15) is 5.10 Å². The van der Waals surface area contributed by atoms with Gasteiger partial charge in [-0.3, -0.25) is 4.68 Å². The molecule has 0 aliphatic rings. The van der Waals surface area contributed by atoms with E-state index in [1.165, 1.54) is 0 Å². The fraction of sp³-hybridized carbons (Fsp3) is 0.0909. The van der Waals surface area contributed by atoms with Crippen molar-refractivity contribution in [2.45, 2.75) is 0 Å². The number of aromatic nitrogens is 2. The molecule has 0 aliphatic heterocycles. The Balaban J connectivity index is 2.21. The van der Waals surface area contributed by atoms with Crippen LogP contribution < -0.4 is 5.32 Å². The van der Waals surface area contributed by atoms with Gasteiger partial charge in [-0.1, -0.05) is 6.07 Å². The van der Waals surface area contributed by atoms with Crippen molar-refractivity contribution in [1.29, 1.82) is 0 Å². The number of hydrogen-bond donors (Lipinski definition) is 2. The molecule has 2 rings (SSSR count). The van der Waals surface area contributed by atoms with E-state index in [2.05, 4.69) is 10.4 Å². The van der Waals surface area contributed by atoms with Crippen LogP contribution in [-0.4, -0.2) is 20.9 Å². The molecule has 0 saturated heterocycles. The Kier molecular flexibility index (Phi) is 2.59. The van der Waals surface area contributed by atoms with Crippen LogP contribution >= 0.6 is 0 Å². The standard InChI is InChI=1S/C11H11N3O2/c1-14-7-10(6-12-14)13-9-4-2-3-8(5-9)11(15)16/h2-7,13H,1H3,(H,15,16). The molecule has 0 saturated carbocycles. The number of rotatable bonds is 3. The lowest BCUT2D eigenvalue weighted by molar-refractivity contribution is 0.0697. The monoisotopic (exact) mass is 217 g/mol. The fourth-order valence-electron chi connectivity index (χ4n) is 1.38. The third-order valence-electron chi connectivity index (χ3n) is 2.10. The summed E-state index contributed by atoms with van der Waals surface area (Å²) in [5.74, 6) is -0.935. The molecule has 0 aliphatic carbocycles. The second-order valence-electron chi connectivity index (χ2n) is 3.41. The minimum absolute atomic E-state index is 0.258. The summed E-state index contributed by atoms with van der Waals surface area (Å²) in [6.45, 7) is 0. The third kappa shape index (κ3) is 2.20. The molecule has 16 heavy (non-hydrogen) atoms. The van der Waals surface area contributed by atoms with Gasteiger partial charge in [0.05, 0.1) is 17.4 Å². The van der Waals surface area contributed by atoms with E-state index < -0.39 is 5.97 Å². The lowest BCUT2D eigenvalue weighted by Gasteiger charge is -2.03. The van der Waals surface area contributed by atoms with Gasteiger partial charge in [0.2, 0.25) is 0 Å². The summed E-state index contributed by atoms with van der Waals surface area (Å²) in [6.07, 6.45) is 3.49. The highest BCUT2D eigenvalue weighted by Crippen LogP contribution is 2.16. The van der Waals surface area contributed by atoms with Gasteiger partial charge in [0.1, 0.15) is 0 Å². The molecule has 2 aromatic rings. The van der Waals surface area contributed by atoms with Crippen molar-refractivity contribution in [2.75, 3.05) is 5.32 Å². The van der Waals surface area contributed by atoms with Gasteiger partial charge in [0.15, 0.2) is 0 Å². The van der Waals surface area contributed by atoms with Gasteiger partial charge in [0, 0.05) is 18.9 Å². The zero-order valence-corrected chi connectivity index (χ0v) is 8.71. The summed E-state index contributed by atoms with van der Waals surface area (Å²) in [4.78, 5) is 10.8. The predicted octanol–water partition coefficient (Wildman–Crippen LogP) is 1.86. The normalized spacial score (nSPS) is 10.1. The van der Waals surface area contributed by atoms with E-state index in [0.717, 1.165) is 11.4 Å².